The SMILES string of the molecule is CCc1ncc(S(=O)(=O)Nc2ccc3c(c2)NCCC3)[nH]1. The van der Waals surface area contributed by atoms with Gasteiger partial charge in [-0.2, -0.15) is 8.42 Å². The number of nitrogens with zero attached hydrogens (tertiary/aromatic N) is 1. The molecule has 3 rings (SSSR count). The van der Waals surface area contributed by atoms with Crippen LogP contribution >= 0.6 is 0 Å². The van der Waals surface area contributed by atoms with Crippen molar-refractivity contribution in [2.45, 2.75) is 31.2 Å². The number of imidazole rings is 1. The molecule has 1 aromatic heterocycles. The van der Waals surface area contributed by atoms with Gasteiger partial charge in [0.15, 0.2) is 5.03 Å². The van der Waals surface area contributed by atoms with Gasteiger partial charge in [-0.1, -0.05) is 13.0 Å². The normalized spacial score (nSPS) is 14.3. The lowest BCUT2D eigenvalue weighted by Gasteiger charge is -2.19. The van der Waals surface area contributed by atoms with Crippen molar-refractivity contribution in [1.82, 2.24) is 9.97 Å². The van der Waals surface area contributed by atoms with Crippen LogP contribution in [0.4, 0.5) is 11.4 Å². The predicted octanol–water partition coefficient (Wildman–Crippen LogP) is 2.13. The van der Waals surface area contributed by atoms with Gasteiger partial charge in [-0.15, -0.1) is 0 Å². The number of nitrogens with one attached hydrogen (secondary N) is 3. The molecule has 21 heavy (non-hydrogen) atoms. The third-order valence-corrected chi connectivity index (χ3v) is 4.82. The van der Waals surface area contributed by atoms with E-state index < -0.39 is 10.0 Å². The summed E-state index contributed by atoms with van der Waals surface area (Å²) in [5.74, 6) is 0.655. The van der Waals surface area contributed by atoms with Crippen molar-refractivity contribution >= 4 is 21.4 Å². The second-order valence-corrected chi connectivity index (χ2v) is 6.71. The third kappa shape index (κ3) is 2.87. The first-order valence-corrected chi connectivity index (χ1v) is 8.50. The van der Waals surface area contributed by atoms with Crippen molar-refractivity contribution < 1.29 is 8.42 Å². The number of H-pyrrole nitrogens is 1. The summed E-state index contributed by atoms with van der Waals surface area (Å²) in [5.41, 5.74) is 2.77. The molecule has 3 N–H and O–H groups in total. The molecule has 0 saturated heterocycles. The quantitative estimate of drug-likeness (QED) is 0.807. The number of aromatic nitrogens is 2. The second kappa shape index (κ2) is 5.40. The number of benzene rings is 1. The Hall–Kier alpha value is -2.02. The fraction of sp³-hybridized carbons (Fsp3) is 0.357. The van der Waals surface area contributed by atoms with Gasteiger partial charge in [-0.25, -0.2) is 4.98 Å². The fourth-order valence-corrected chi connectivity index (χ4v) is 3.38. The summed E-state index contributed by atoms with van der Waals surface area (Å²) in [4.78, 5) is 6.83. The van der Waals surface area contributed by atoms with Gasteiger partial charge in [0, 0.05) is 18.7 Å². The molecular weight excluding hydrogens is 288 g/mol. The maximum atomic E-state index is 12.3. The Morgan fingerprint density at radius 2 is 2.24 bits per heavy atom. The number of hydrogen-bond acceptors (Lipinski definition) is 4. The van der Waals surface area contributed by atoms with Gasteiger partial charge in [0.1, 0.15) is 5.82 Å². The van der Waals surface area contributed by atoms with Gasteiger partial charge < -0.3 is 10.3 Å². The largest absolute Gasteiger partial charge is 0.385 e. The number of aromatic amines is 1. The molecule has 0 radical (unpaired) electrons. The zero-order chi connectivity index (χ0) is 14.9. The molecule has 0 fully saturated rings. The predicted molar refractivity (Wildman–Crippen MR) is 82.0 cm³/mol. The smallest absolute Gasteiger partial charge is 0.278 e. The molecule has 0 atom stereocenters. The molecule has 1 aromatic carbocycles. The Morgan fingerprint density at radius 3 is 3.00 bits per heavy atom. The van der Waals surface area contributed by atoms with Crippen molar-refractivity contribution in [3.05, 3.63) is 35.8 Å². The summed E-state index contributed by atoms with van der Waals surface area (Å²) >= 11 is 0. The fourth-order valence-electron chi connectivity index (χ4n) is 2.39. The van der Waals surface area contributed by atoms with Crippen molar-refractivity contribution in [2.75, 3.05) is 16.6 Å². The van der Waals surface area contributed by atoms with Crippen LogP contribution in [-0.2, 0) is 22.9 Å². The first-order chi connectivity index (χ1) is 10.1. The number of hydrogen-bond donors (Lipinski definition) is 3. The first kappa shape index (κ1) is 13.9. The van der Waals surface area contributed by atoms with Gasteiger partial charge >= 0.3 is 0 Å². The molecule has 2 heterocycles. The van der Waals surface area contributed by atoms with Crippen LogP contribution in [0.25, 0.3) is 0 Å². The number of anilines is 2. The van der Waals surface area contributed by atoms with E-state index in [1.165, 1.54) is 11.8 Å². The second-order valence-electron chi connectivity index (χ2n) is 5.06. The summed E-state index contributed by atoms with van der Waals surface area (Å²) < 4.78 is 27.2. The summed E-state index contributed by atoms with van der Waals surface area (Å²) in [6, 6.07) is 5.59. The molecule has 0 aliphatic carbocycles. The van der Waals surface area contributed by atoms with Crippen LogP contribution in [0.15, 0.2) is 29.4 Å². The molecule has 0 bridgehead atoms. The molecule has 6 nitrogen and oxygen atoms in total. The van der Waals surface area contributed by atoms with E-state index in [1.807, 2.05) is 19.1 Å². The molecule has 0 amide bonds. The van der Waals surface area contributed by atoms with Gasteiger partial charge in [-0.05, 0) is 30.5 Å². The van der Waals surface area contributed by atoms with E-state index in [0.29, 0.717) is 17.9 Å². The standard InChI is InChI=1S/C14H18N4O2S/c1-2-13-16-9-14(17-13)21(19,20)18-11-6-5-10-4-3-7-15-12(10)8-11/h5-6,8-9,15,18H,2-4,7H2,1H3,(H,16,17). The van der Waals surface area contributed by atoms with E-state index in [4.69, 9.17) is 0 Å². The minimum atomic E-state index is -3.62. The van der Waals surface area contributed by atoms with E-state index in [1.54, 1.807) is 6.07 Å². The van der Waals surface area contributed by atoms with E-state index >= 15 is 0 Å². The van der Waals surface area contributed by atoms with Crippen molar-refractivity contribution in [3.8, 4) is 0 Å². The highest BCUT2D eigenvalue weighted by atomic mass is 32.2. The van der Waals surface area contributed by atoms with Crippen LogP contribution in [0.2, 0.25) is 0 Å². The highest BCUT2D eigenvalue weighted by Gasteiger charge is 2.18. The minimum Gasteiger partial charge on any atom is -0.385 e. The van der Waals surface area contributed by atoms with Gasteiger partial charge in [-0.3, -0.25) is 4.72 Å². The number of aryl methyl sites for hydroxylation is 2. The number of rotatable bonds is 4. The number of sulfonamides is 1. The van der Waals surface area contributed by atoms with Crippen molar-refractivity contribution in [1.29, 1.82) is 0 Å². The maximum Gasteiger partial charge on any atom is 0.278 e. The summed E-state index contributed by atoms with van der Waals surface area (Å²) in [6.45, 7) is 2.83. The molecule has 1 aliphatic rings. The maximum absolute atomic E-state index is 12.3. The van der Waals surface area contributed by atoms with E-state index in [9.17, 15) is 8.42 Å². The topological polar surface area (TPSA) is 86.9 Å². The Kier molecular flexibility index (Phi) is 3.59. The van der Waals surface area contributed by atoms with Gasteiger partial charge in [0.2, 0.25) is 0 Å². The van der Waals surface area contributed by atoms with Crippen LogP contribution in [0.3, 0.4) is 0 Å². The molecule has 0 saturated carbocycles. The molecule has 0 unspecified atom stereocenters. The molecule has 0 spiro atoms. The van der Waals surface area contributed by atoms with E-state index in [-0.39, 0.29) is 5.03 Å². The lowest BCUT2D eigenvalue weighted by molar-refractivity contribution is 0.598. The van der Waals surface area contributed by atoms with Crippen LogP contribution in [0, 0.1) is 0 Å². The van der Waals surface area contributed by atoms with E-state index in [2.05, 4.69) is 20.0 Å². The lowest BCUT2D eigenvalue weighted by Crippen LogP contribution is -2.15. The molecule has 112 valence electrons. The first-order valence-electron chi connectivity index (χ1n) is 7.02. The average molecular weight is 306 g/mol. The van der Waals surface area contributed by atoms with Crippen LogP contribution < -0.4 is 10.0 Å². The Labute approximate surface area is 124 Å². The minimum absolute atomic E-state index is 0.0880. The third-order valence-electron chi connectivity index (χ3n) is 3.53. The zero-order valence-corrected chi connectivity index (χ0v) is 12.6. The molecule has 7 heteroatoms. The number of fused-ring (bicyclic) bond motifs is 1. The molecule has 2 aromatic rings. The summed E-state index contributed by atoms with van der Waals surface area (Å²) in [5, 5.41) is 3.37. The van der Waals surface area contributed by atoms with Crippen LogP contribution in [0.1, 0.15) is 24.7 Å². The van der Waals surface area contributed by atoms with Crippen LogP contribution in [0.5, 0.6) is 0 Å². The summed E-state index contributed by atoms with van der Waals surface area (Å²) in [6.07, 6.45) is 4.14. The average Bonchev–Trinajstić information content (AvgIpc) is 2.96. The Bertz CT molecular complexity index is 752. The Morgan fingerprint density at radius 1 is 1.38 bits per heavy atom. The molecule has 1 aliphatic heterocycles. The highest BCUT2D eigenvalue weighted by molar-refractivity contribution is 7.92. The lowest BCUT2D eigenvalue weighted by atomic mass is 10.0. The monoisotopic (exact) mass is 306 g/mol. The molecular formula is C14H18N4O2S. The van der Waals surface area contributed by atoms with E-state index in [0.717, 1.165) is 25.1 Å². The van der Waals surface area contributed by atoms with Crippen molar-refractivity contribution in [3.63, 3.8) is 0 Å². The highest BCUT2D eigenvalue weighted by Crippen LogP contribution is 2.26. The zero-order valence-electron chi connectivity index (χ0n) is 11.8. The van der Waals surface area contributed by atoms with Crippen LogP contribution in [-0.4, -0.2) is 24.9 Å². The van der Waals surface area contributed by atoms with Crippen molar-refractivity contribution in [2.24, 2.45) is 0 Å². The van der Waals surface area contributed by atoms with Gasteiger partial charge in [0.05, 0.1) is 11.9 Å². The summed E-state index contributed by atoms with van der Waals surface area (Å²) in [7, 11) is -3.62. The Balaban J connectivity index is 1.85. The van der Waals surface area contributed by atoms with Gasteiger partial charge in [0.25, 0.3) is 10.0 Å².